The van der Waals surface area contributed by atoms with Crippen molar-refractivity contribution in [3.63, 3.8) is 0 Å². The van der Waals surface area contributed by atoms with Gasteiger partial charge in [-0.15, -0.1) is 22.7 Å². The second-order valence-corrected chi connectivity index (χ2v) is 7.49. The van der Waals surface area contributed by atoms with Crippen molar-refractivity contribution < 1.29 is 5.11 Å². The van der Waals surface area contributed by atoms with Crippen LogP contribution < -0.4 is 0 Å². The molecule has 4 heteroatoms. The molecule has 0 aromatic carbocycles. The number of nitrogens with zero attached hydrogens (tertiary/aromatic N) is 1. The third-order valence-corrected chi connectivity index (χ3v) is 4.52. The second-order valence-electron chi connectivity index (χ2n) is 5.52. The molecule has 2 heterocycles. The highest BCUT2D eigenvalue weighted by molar-refractivity contribution is 7.10. The van der Waals surface area contributed by atoms with Crippen molar-refractivity contribution in [3.8, 4) is 0 Å². The summed E-state index contributed by atoms with van der Waals surface area (Å²) in [7, 11) is 0. The number of aromatic nitrogens is 1. The molecule has 0 saturated heterocycles. The molecule has 18 heavy (non-hydrogen) atoms. The molecule has 0 aliphatic heterocycles. The summed E-state index contributed by atoms with van der Waals surface area (Å²) in [5, 5.41) is 15.2. The standard InChI is InChI=1S/C14H19NOS2/c1-14(2,3)12-9-18-13(15-12)8-10(16)7-11-5-4-6-17-11/h4-6,9-10,16H,7-8H2,1-3H3. The van der Waals surface area contributed by atoms with Crippen LogP contribution >= 0.6 is 22.7 Å². The molecule has 0 bridgehead atoms. The molecule has 2 nitrogen and oxygen atoms in total. The maximum Gasteiger partial charge on any atom is 0.0954 e. The molecule has 0 aliphatic carbocycles. The fourth-order valence-electron chi connectivity index (χ4n) is 1.68. The van der Waals surface area contributed by atoms with Gasteiger partial charge in [-0.1, -0.05) is 26.8 Å². The van der Waals surface area contributed by atoms with Gasteiger partial charge in [0.25, 0.3) is 0 Å². The molecule has 98 valence electrons. The molecule has 1 atom stereocenters. The Morgan fingerprint density at radius 3 is 2.61 bits per heavy atom. The van der Waals surface area contributed by atoms with Crippen molar-refractivity contribution in [1.82, 2.24) is 4.98 Å². The third kappa shape index (κ3) is 3.64. The van der Waals surface area contributed by atoms with Crippen LogP contribution in [0.2, 0.25) is 0 Å². The van der Waals surface area contributed by atoms with E-state index in [2.05, 4.69) is 37.2 Å². The van der Waals surface area contributed by atoms with E-state index in [-0.39, 0.29) is 11.5 Å². The van der Waals surface area contributed by atoms with Crippen LogP contribution in [0.5, 0.6) is 0 Å². The van der Waals surface area contributed by atoms with Gasteiger partial charge < -0.3 is 5.11 Å². The van der Waals surface area contributed by atoms with Crippen molar-refractivity contribution in [2.75, 3.05) is 0 Å². The highest BCUT2D eigenvalue weighted by Crippen LogP contribution is 2.25. The molecule has 0 saturated carbocycles. The summed E-state index contributed by atoms with van der Waals surface area (Å²) in [6.45, 7) is 6.48. The molecule has 0 fully saturated rings. The molecular weight excluding hydrogens is 262 g/mol. The Balaban J connectivity index is 1.95. The minimum atomic E-state index is -0.331. The Bertz CT molecular complexity index is 482. The largest absolute Gasteiger partial charge is 0.392 e. The number of rotatable bonds is 4. The van der Waals surface area contributed by atoms with Crippen LogP contribution in [0.4, 0.5) is 0 Å². The molecule has 0 aliphatic rings. The van der Waals surface area contributed by atoms with Gasteiger partial charge in [0.2, 0.25) is 0 Å². The van der Waals surface area contributed by atoms with Gasteiger partial charge in [0.1, 0.15) is 0 Å². The SMILES string of the molecule is CC(C)(C)c1csc(CC(O)Cc2cccs2)n1. The zero-order valence-corrected chi connectivity index (χ0v) is 12.6. The van der Waals surface area contributed by atoms with Gasteiger partial charge in [0.15, 0.2) is 0 Å². The van der Waals surface area contributed by atoms with Gasteiger partial charge in [-0.2, -0.15) is 0 Å². The van der Waals surface area contributed by atoms with E-state index in [4.69, 9.17) is 0 Å². The lowest BCUT2D eigenvalue weighted by Gasteiger charge is -2.14. The predicted octanol–water partition coefficient (Wildman–Crippen LogP) is 3.65. The van der Waals surface area contributed by atoms with E-state index in [1.807, 2.05) is 11.4 Å². The van der Waals surface area contributed by atoms with Crippen LogP contribution in [0, 0.1) is 0 Å². The number of hydrogen-bond donors (Lipinski definition) is 1. The quantitative estimate of drug-likeness (QED) is 0.928. The first-order valence-electron chi connectivity index (χ1n) is 6.10. The molecular formula is C14H19NOS2. The van der Waals surface area contributed by atoms with Crippen molar-refractivity contribution in [2.24, 2.45) is 0 Å². The van der Waals surface area contributed by atoms with Crippen molar-refractivity contribution >= 4 is 22.7 Å². The average molecular weight is 281 g/mol. The number of thiophene rings is 1. The van der Waals surface area contributed by atoms with E-state index in [1.165, 1.54) is 4.88 Å². The molecule has 0 radical (unpaired) electrons. The van der Waals surface area contributed by atoms with Crippen LogP contribution in [-0.2, 0) is 18.3 Å². The Morgan fingerprint density at radius 1 is 1.28 bits per heavy atom. The summed E-state index contributed by atoms with van der Waals surface area (Å²) < 4.78 is 0. The summed E-state index contributed by atoms with van der Waals surface area (Å²) in [4.78, 5) is 5.84. The minimum absolute atomic E-state index is 0.0907. The van der Waals surface area contributed by atoms with Gasteiger partial charge in [-0.3, -0.25) is 0 Å². The molecule has 0 amide bonds. The summed E-state index contributed by atoms with van der Waals surface area (Å²) in [6, 6.07) is 4.09. The number of aliphatic hydroxyl groups is 1. The molecule has 2 aromatic rings. The molecule has 2 aromatic heterocycles. The van der Waals surface area contributed by atoms with Crippen LogP contribution in [-0.4, -0.2) is 16.2 Å². The van der Waals surface area contributed by atoms with Gasteiger partial charge in [0.05, 0.1) is 16.8 Å². The van der Waals surface area contributed by atoms with E-state index in [0.717, 1.165) is 17.1 Å². The summed E-state index contributed by atoms with van der Waals surface area (Å²) in [6.07, 6.45) is 1.04. The Hall–Kier alpha value is -0.710. The van der Waals surface area contributed by atoms with Gasteiger partial charge >= 0.3 is 0 Å². The fourth-order valence-corrected chi connectivity index (χ4v) is 3.56. The lowest BCUT2D eigenvalue weighted by molar-refractivity contribution is 0.176. The molecule has 2 rings (SSSR count). The summed E-state index contributed by atoms with van der Waals surface area (Å²) in [5.41, 5.74) is 1.21. The highest BCUT2D eigenvalue weighted by Gasteiger charge is 2.18. The Labute approximate surface area is 116 Å². The number of thiazole rings is 1. The smallest absolute Gasteiger partial charge is 0.0954 e. The average Bonchev–Trinajstić information content (AvgIpc) is 2.87. The zero-order valence-electron chi connectivity index (χ0n) is 11.0. The topological polar surface area (TPSA) is 33.1 Å². The first-order chi connectivity index (χ1) is 8.45. The van der Waals surface area contributed by atoms with Crippen LogP contribution in [0.15, 0.2) is 22.9 Å². The predicted molar refractivity (Wildman–Crippen MR) is 78.5 cm³/mol. The zero-order chi connectivity index (χ0) is 13.2. The molecule has 0 spiro atoms. The van der Waals surface area contributed by atoms with E-state index in [1.54, 1.807) is 22.7 Å². The van der Waals surface area contributed by atoms with E-state index in [9.17, 15) is 5.11 Å². The maximum atomic E-state index is 10.1. The highest BCUT2D eigenvalue weighted by atomic mass is 32.1. The van der Waals surface area contributed by atoms with Gasteiger partial charge in [-0.25, -0.2) is 4.98 Å². The second kappa shape index (κ2) is 5.51. The summed E-state index contributed by atoms with van der Waals surface area (Å²) >= 11 is 3.34. The van der Waals surface area contributed by atoms with E-state index in [0.29, 0.717) is 6.42 Å². The summed E-state index contributed by atoms with van der Waals surface area (Å²) in [5.74, 6) is 0. The fraction of sp³-hybridized carbons (Fsp3) is 0.500. The Morgan fingerprint density at radius 2 is 2.06 bits per heavy atom. The minimum Gasteiger partial charge on any atom is -0.392 e. The lowest BCUT2D eigenvalue weighted by atomic mass is 9.93. The van der Waals surface area contributed by atoms with Crippen molar-refractivity contribution in [1.29, 1.82) is 0 Å². The maximum absolute atomic E-state index is 10.1. The normalized spacial score (nSPS) is 13.8. The van der Waals surface area contributed by atoms with Crippen LogP contribution in [0.3, 0.4) is 0 Å². The van der Waals surface area contributed by atoms with E-state index >= 15 is 0 Å². The number of aliphatic hydroxyl groups excluding tert-OH is 1. The lowest BCUT2D eigenvalue weighted by Crippen LogP contribution is -2.15. The van der Waals surface area contributed by atoms with Gasteiger partial charge in [0, 0.05) is 28.5 Å². The van der Waals surface area contributed by atoms with E-state index < -0.39 is 0 Å². The third-order valence-electron chi connectivity index (χ3n) is 2.75. The first-order valence-corrected chi connectivity index (χ1v) is 7.86. The monoisotopic (exact) mass is 281 g/mol. The van der Waals surface area contributed by atoms with Crippen molar-refractivity contribution in [3.05, 3.63) is 38.5 Å². The van der Waals surface area contributed by atoms with Gasteiger partial charge in [-0.05, 0) is 11.4 Å². The Kier molecular flexibility index (Phi) is 4.20. The first kappa shape index (κ1) is 13.7. The molecule has 1 N–H and O–H groups in total. The van der Waals surface area contributed by atoms with Crippen molar-refractivity contribution in [2.45, 2.75) is 45.1 Å². The van der Waals surface area contributed by atoms with Crippen LogP contribution in [0.1, 0.15) is 36.3 Å². The number of hydrogen-bond acceptors (Lipinski definition) is 4. The van der Waals surface area contributed by atoms with Crippen LogP contribution in [0.25, 0.3) is 0 Å². The molecule has 1 unspecified atom stereocenters.